The molecule has 1 aliphatic rings. The van der Waals surface area contributed by atoms with Crippen molar-refractivity contribution in [2.75, 3.05) is 13.1 Å². The lowest BCUT2D eigenvalue weighted by molar-refractivity contribution is -0.146. The molecule has 3 heteroatoms. The van der Waals surface area contributed by atoms with Gasteiger partial charge in [-0.05, 0) is 12.8 Å². The van der Waals surface area contributed by atoms with E-state index in [0.717, 1.165) is 12.8 Å². The van der Waals surface area contributed by atoms with Gasteiger partial charge < -0.3 is 0 Å². The Labute approximate surface area is 66.4 Å². The Balaban J connectivity index is 2.30. The summed E-state index contributed by atoms with van der Waals surface area (Å²) in [4.78, 5) is 1.86. The maximum Gasteiger partial charge on any atom is 0.272 e. The largest absolute Gasteiger partial charge is 0.288 e. The maximum absolute atomic E-state index is 12.4. The molecule has 0 aromatic heterocycles. The molecule has 0 N–H and O–H groups in total. The molecule has 0 radical (unpaired) electrons. The molecule has 1 saturated heterocycles. The minimum atomic E-state index is -2.40. The van der Waals surface area contributed by atoms with Crippen LogP contribution in [0.25, 0.3) is 0 Å². The molecule has 1 heterocycles. The summed E-state index contributed by atoms with van der Waals surface area (Å²) in [5.74, 6) is -2.40. The van der Waals surface area contributed by atoms with Crippen LogP contribution in [0.15, 0.2) is 0 Å². The second-order valence-corrected chi connectivity index (χ2v) is 3.23. The Hall–Kier alpha value is -0.180. The molecule has 66 valence electrons. The van der Waals surface area contributed by atoms with Gasteiger partial charge in [-0.15, -0.1) is 0 Å². The first-order valence-corrected chi connectivity index (χ1v) is 4.21. The fourth-order valence-electron chi connectivity index (χ4n) is 1.61. The number of nitrogens with zero attached hydrogens (tertiary/aromatic N) is 1. The van der Waals surface area contributed by atoms with Crippen LogP contribution in [-0.4, -0.2) is 30.0 Å². The van der Waals surface area contributed by atoms with Crippen molar-refractivity contribution in [2.45, 2.75) is 38.7 Å². The average molecular weight is 163 g/mol. The molecule has 0 unspecified atom stereocenters. The highest BCUT2D eigenvalue weighted by Gasteiger charge is 2.45. The van der Waals surface area contributed by atoms with Gasteiger partial charge in [-0.1, -0.05) is 13.8 Å². The number of rotatable bonds is 3. The molecule has 1 fully saturated rings. The maximum atomic E-state index is 12.4. The SMILES string of the molecule is CCC(CC)N1CC(F)(F)C1. The Morgan fingerprint density at radius 3 is 2.00 bits per heavy atom. The predicted molar refractivity (Wildman–Crippen MR) is 40.9 cm³/mol. The summed E-state index contributed by atoms with van der Waals surface area (Å²) in [6.07, 6.45) is 1.96. The smallest absolute Gasteiger partial charge is 0.272 e. The first-order valence-electron chi connectivity index (χ1n) is 4.21. The number of likely N-dealkylation sites (tertiary alicyclic amines) is 1. The van der Waals surface area contributed by atoms with Crippen molar-refractivity contribution in [2.24, 2.45) is 0 Å². The van der Waals surface area contributed by atoms with Crippen LogP contribution in [0.2, 0.25) is 0 Å². The van der Waals surface area contributed by atoms with Gasteiger partial charge in [-0.3, -0.25) is 4.90 Å². The third-order valence-electron chi connectivity index (χ3n) is 2.33. The van der Waals surface area contributed by atoms with Crippen LogP contribution in [-0.2, 0) is 0 Å². The topological polar surface area (TPSA) is 3.24 Å². The lowest BCUT2D eigenvalue weighted by Crippen LogP contribution is -2.59. The summed E-state index contributed by atoms with van der Waals surface area (Å²) in [6, 6.07) is 0.370. The van der Waals surface area contributed by atoms with Crippen molar-refractivity contribution < 1.29 is 8.78 Å². The zero-order chi connectivity index (χ0) is 8.48. The van der Waals surface area contributed by atoms with Crippen molar-refractivity contribution in [1.29, 1.82) is 0 Å². The molecule has 0 atom stereocenters. The Morgan fingerprint density at radius 2 is 1.73 bits per heavy atom. The Kier molecular flexibility index (Phi) is 2.47. The normalized spacial score (nSPS) is 23.7. The van der Waals surface area contributed by atoms with Gasteiger partial charge in [-0.2, -0.15) is 0 Å². The quantitative estimate of drug-likeness (QED) is 0.616. The molecule has 0 aliphatic carbocycles. The fraction of sp³-hybridized carbons (Fsp3) is 1.00. The first-order chi connectivity index (χ1) is 5.09. The van der Waals surface area contributed by atoms with E-state index in [0.29, 0.717) is 6.04 Å². The molecular formula is C8H15F2N. The van der Waals surface area contributed by atoms with E-state index in [9.17, 15) is 8.78 Å². The van der Waals surface area contributed by atoms with E-state index in [-0.39, 0.29) is 13.1 Å². The van der Waals surface area contributed by atoms with Gasteiger partial charge in [0.15, 0.2) is 0 Å². The molecular weight excluding hydrogens is 148 g/mol. The Morgan fingerprint density at radius 1 is 1.27 bits per heavy atom. The van der Waals surface area contributed by atoms with Crippen molar-refractivity contribution in [3.05, 3.63) is 0 Å². The standard InChI is InChI=1S/C8H15F2N/c1-3-7(4-2)11-5-8(9,10)6-11/h7H,3-6H2,1-2H3. The molecule has 1 rings (SSSR count). The lowest BCUT2D eigenvalue weighted by Gasteiger charge is -2.43. The van der Waals surface area contributed by atoms with Crippen LogP contribution in [0.5, 0.6) is 0 Å². The van der Waals surface area contributed by atoms with E-state index in [1.807, 2.05) is 18.7 Å². The number of hydrogen-bond acceptors (Lipinski definition) is 1. The summed E-state index contributed by atoms with van der Waals surface area (Å²) < 4.78 is 24.8. The van der Waals surface area contributed by atoms with Gasteiger partial charge in [0.2, 0.25) is 0 Å². The van der Waals surface area contributed by atoms with Crippen LogP contribution < -0.4 is 0 Å². The third-order valence-corrected chi connectivity index (χ3v) is 2.33. The summed E-state index contributed by atoms with van der Waals surface area (Å²) in [7, 11) is 0. The number of alkyl halides is 2. The summed E-state index contributed by atoms with van der Waals surface area (Å²) >= 11 is 0. The van der Waals surface area contributed by atoms with Crippen LogP contribution in [0.1, 0.15) is 26.7 Å². The van der Waals surface area contributed by atoms with Gasteiger partial charge in [0, 0.05) is 6.04 Å². The predicted octanol–water partition coefficient (Wildman–Crippen LogP) is 2.13. The average Bonchev–Trinajstić information content (AvgIpc) is 1.86. The summed E-state index contributed by atoms with van der Waals surface area (Å²) in [6.45, 7) is 4.04. The third kappa shape index (κ3) is 1.89. The minimum absolute atomic E-state index is 0.0284. The monoisotopic (exact) mass is 163 g/mol. The zero-order valence-electron chi connectivity index (χ0n) is 7.11. The molecule has 0 amide bonds. The van der Waals surface area contributed by atoms with Crippen molar-refractivity contribution in [3.8, 4) is 0 Å². The number of halogens is 2. The molecule has 1 nitrogen and oxygen atoms in total. The van der Waals surface area contributed by atoms with E-state index in [2.05, 4.69) is 0 Å². The molecule has 0 spiro atoms. The highest BCUT2D eigenvalue weighted by molar-refractivity contribution is 4.90. The fourth-order valence-corrected chi connectivity index (χ4v) is 1.61. The van der Waals surface area contributed by atoms with E-state index in [1.165, 1.54) is 0 Å². The zero-order valence-corrected chi connectivity index (χ0v) is 7.11. The summed E-state index contributed by atoms with van der Waals surface area (Å²) in [5, 5.41) is 0. The van der Waals surface area contributed by atoms with Crippen LogP contribution >= 0.6 is 0 Å². The number of hydrogen-bond donors (Lipinski definition) is 0. The molecule has 0 aromatic carbocycles. The van der Waals surface area contributed by atoms with Crippen LogP contribution in [0.3, 0.4) is 0 Å². The van der Waals surface area contributed by atoms with E-state index >= 15 is 0 Å². The molecule has 1 aliphatic heterocycles. The molecule has 11 heavy (non-hydrogen) atoms. The van der Waals surface area contributed by atoms with Crippen molar-refractivity contribution in [3.63, 3.8) is 0 Å². The molecule has 0 bridgehead atoms. The van der Waals surface area contributed by atoms with Gasteiger partial charge in [0.1, 0.15) is 0 Å². The van der Waals surface area contributed by atoms with Gasteiger partial charge in [-0.25, -0.2) is 8.78 Å². The lowest BCUT2D eigenvalue weighted by atomic mass is 10.0. The van der Waals surface area contributed by atoms with Gasteiger partial charge in [0.05, 0.1) is 13.1 Å². The van der Waals surface area contributed by atoms with Crippen molar-refractivity contribution in [1.82, 2.24) is 4.90 Å². The van der Waals surface area contributed by atoms with E-state index < -0.39 is 5.92 Å². The highest BCUT2D eigenvalue weighted by Crippen LogP contribution is 2.29. The first kappa shape index (κ1) is 8.91. The van der Waals surface area contributed by atoms with E-state index in [4.69, 9.17) is 0 Å². The van der Waals surface area contributed by atoms with Crippen molar-refractivity contribution >= 4 is 0 Å². The summed E-state index contributed by atoms with van der Waals surface area (Å²) in [5.41, 5.74) is 0. The van der Waals surface area contributed by atoms with E-state index in [1.54, 1.807) is 0 Å². The molecule has 0 aromatic rings. The van der Waals surface area contributed by atoms with Crippen LogP contribution in [0, 0.1) is 0 Å². The highest BCUT2D eigenvalue weighted by atomic mass is 19.3. The second-order valence-electron chi connectivity index (χ2n) is 3.23. The molecule has 0 saturated carbocycles. The minimum Gasteiger partial charge on any atom is -0.288 e. The van der Waals surface area contributed by atoms with Gasteiger partial charge in [0.25, 0.3) is 5.92 Å². The van der Waals surface area contributed by atoms with Gasteiger partial charge >= 0.3 is 0 Å². The Bertz CT molecular complexity index is 124. The van der Waals surface area contributed by atoms with Crippen LogP contribution in [0.4, 0.5) is 8.78 Å². The second kappa shape index (κ2) is 3.05.